The van der Waals surface area contributed by atoms with Crippen molar-refractivity contribution in [1.82, 2.24) is 4.31 Å². The first-order chi connectivity index (χ1) is 9.48. The van der Waals surface area contributed by atoms with Crippen molar-refractivity contribution < 1.29 is 13.2 Å². The van der Waals surface area contributed by atoms with Gasteiger partial charge in [0, 0.05) is 25.4 Å². The molecule has 1 aromatic carbocycles. The maximum atomic E-state index is 12.7. The number of benzene rings is 1. The summed E-state index contributed by atoms with van der Waals surface area (Å²) in [7, 11) is -3.46. The first-order valence-corrected chi connectivity index (χ1v) is 8.57. The number of sulfonamides is 1. The molecule has 1 aliphatic carbocycles. The van der Waals surface area contributed by atoms with E-state index in [0.717, 1.165) is 24.8 Å². The van der Waals surface area contributed by atoms with Gasteiger partial charge < -0.3 is 0 Å². The summed E-state index contributed by atoms with van der Waals surface area (Å²) < 4.78 is 26.8. The van der Waals surface area contributed by atoms with E-state index >= 15 is 0 Å². The Morgan fingerprint density at radius 2 is 1.90 bits per heavy atom. The molecule has 4 nitrogen and oxygen atoms in total. The molecule has 0 radical (unpaired) electrons. The molecule has 1 fully saturated rings. The van der Waals surface area contributed by atoms with Gasteiger partial charge in [0.2, 0.25) is 10.0 Å². The number of nitrogens with zero attached hydrogens (tertiary/aromatic N) is 1. The molecule has 2 aliphatic rings. The fourth-order valence-electron chi connectivity index (χ4n) is 3.06. The molecule has 0 N–H and O–H groups in total. The Balaban J connectivity index is 1.90. The van der Waals surface area contributed by atoms with Crippen molar-refractivity contribution >= 4 is 15.8 Å². The van der Waals surface area contributed by atoms with Gasteiger partial charge in [0.05, 0.1) is 4.90 Å². The van der Waals surface area contributed by atoms with E-state index in [-0.39, 0.29) is 11.7 Å². The smallest absolute Gasteiger partial charge is 0.243 e. The Morgan fingerprint density at radius 3 is 2.65 bits per heavy atom. The van der Waals surface area contributed by atoms with Crippen molar-refractivity contribution in [2.75, 3.05) is 13.1 Å². The average Bonchev–Trinajstić information content (AvgIpc) is 2.89. The molecule has 1 saturated heterocycles. The molecule has 1 atom stereocenters. The lowest BCUT2D eigenvalue weighted by Crippen LogP contribution is -2.43. The van der Waals surface area contributed by atoms with Gasteiger partial charge in [0.15, 0.2) is 0 Å². The summed E-state index contributed by atoms with van der Waals surface area (Å²) in [6.07, 6.45) is 3.44. The lowest BCUT2D eigenvalue weighted by Gasteiger charge is -2.29. The lowest BCUT2D eigenvalue weighted by molar-refractivity contribution is -0.124. The van der Waals surface area contributed by atoms with Crippen LogP contribution < -0.4 is 0 Å². The minimum Gasteiger partial charge on any atom is -0.299 e. The van der Waals surface area contributed by atoms with E-state index in [1.807, 2.05) is 12.1 Å². The van der Waals surface area contributed by atoms with Crippen molar-refractivity contribution in [3.8, 4) is 0 Å². The molecule has 108 valence electrons. The number of Topliss-reactive ketones (excluding diaryl/α,β-unsaturated/α-hetero) is 1. The molecule has 1 aromatic rings. The summed E-state index contributed by atoms with van der Waals surface area (Å²) >= 11 is 0. The minimum atomic E-state index is -3.46. The van der Waals surface area contributed by atoms with Crippen LogP contribution in [0.5, 0.6) is 0 Å². The molecule has 5 heteroatoms. The van der Waals surface area contributed by atoms with E-state index in [0.29, 0.717) is 24.4 Å². The Hall–Kier alpha value is -1.20. The van der Waals surface area contributed by atoms with Gasteiger partial charge in [-0.15, -0.1) is 0 Å². The van der Waals surface area contributed by atoms with Gasteiger partial charge in [-0.2, -0.15) is 4.31 Å². The Bertz CT molecular complexity index is 651. The number of hydrogen-bond donors (Lipinski definition) is 0. The summed E-state index contributed by atoms with van der Waals surface area (Å²) in [6, 6.07) is 5.47. The van der Waals surface area contributed by atoms with Crippen LogP contribution in [0.25, 0.3) is 0 Å². The third-order valence-corrected chi connectivity index (χ3v) is 6.20. The second-order valence-corrected chi connectivity index (χ2v) is 7.70. The van der Waals surface area contributed by atoms with Crippen molar-refractivity contribution in [2.45, 2.75) is 37.5 Å². The zero-order valence-electron chi connectivity index (χ0n) is 11.6. The van der Waals surface area contributed by atoms with E-state index < -0.39 is 10.0 Å². The van der Waals surface area contributed by atoms with Crippen LogP contribution in [-0.4, -0.2) is 31.6 Å². The summed E-state index contributed by atoms with van der Waals surface area (Å²) in [4.78, 5) is 11.9. The predicted octanol–water partition coefficient (Wildman–Crippen LogP) is 1.77. The highest BCUT2D eigenvalue weighted by Gasteiger charge is 2.32. The molecular formula is C15H19NO3S. The maximum Gasteiger partial charge on any atom is 0.243 e. The highest BCUT2D eigenvalue weighted by atomic mass is 32.2. The Morgan fingerprint density at radius 1 is 1.15 bits per heavy atom. The van der Waals surface area contributed by atoms with E-state index in [1.54, 1.807) is 13.0 Å². The number of carbonyl (C=O) groups excluding carboxylic acids is 1. The number of ketones is 1. The molecule has 1 aliphatic heterocycles. The van der Waals surface area contributed by atoms with Crippen LogP contribution in [0.4, 0.5) is 0 Å². The minimum absolute atomic E-state index is 0.158. The van der Waals surface area contributed by atoms with Crippen molar-refractivity contribution in [1.29, 1.82) is 0 Å². The molecule has 20 heavy (non-hydrogen) atoms. The van der Waals surface area contributed by atoms with Gasteiger partial charge in [0.1, 0.15) is 5.78 Å². The third kappa shape index (κ3) is 2.29. The number of rotatable bonds is 2. The predicted molar refractivity (Wildman–Crippen MR) is 76.0 cm³/mol. The monoisotopic (exact) mass is 293 g/mol. The molecule has 1 unspecified atom stereocenters. The van der Waals surface area contributed by atoms with Crippen molar-refractivity contribution in [3.63, 3.8) is 0 Å². The maximum absolute atomic E-state index is 12.7. The molecule has 0 amide bonds. The second kappa shape index (κ2) is 4.97. The quantitative estimate of drug-likeness (QED) is 0.835. The summed E-state index contributed by atoms with van der Waals surface area (Å²) in [5.74, 6) is -0.0432. The number of aryl methyl sites for hydroxylation is 2. The molecule has 0 bridgehead atoms. The topological polar surface area (TPSA) is 54.5 Å². The number of carbonyl (C=O) groups is 1. The number of piperidine rings is 1. The summed E-state index contributed by atoms with van der Waals surface area (Å²) in [5.41, 5.74) is 2.43. The van der Waals surface area contributed by atoms with Gasteiger partial charge in [0.25, 0.3) is 0 Å². The molecular weight excluding hydrogens is 274 g/mol. The first kappa shape index (κ1) is 13.8. The van der Waals surface area contributed by atoms with Crippen LogP contribution in [0, 0.1) is 5.92 Å². The van der Waals surface area contributed by atoms with Crippen LogP contribution in [0.15, 0.2) is 23.1 Å². The number of hydrogen-bond acceptors (Lipinski definition) is 3. The summed E-state index contributed by atoms with van der Waals surface area (Å²) in [6.45, 7) is 2.41. The first-order valence-electron chi connectivity index (χ1n) is 7.13. The van der Waals surface area contributed by atoms with E-state index in [9.17, 15) is 13.2 Å². The lowest BCUT2D eigenvalue weighted by atomic mass is 10.0. The fraction of sp³-hybridized carbons (Fsp3) is 0.533. The van der Waals surface area contributed by atoms with E-state index in [4.69, 9.17) is 0 Å². The normalized spacial score (nSPS) is 23.9. The average molecular weight is 293 g/mol. The fourth-order valence-corrected chi connectivity index (χ4v) is 4.64. The third-order valence-electron chi connectivity index (χ3n) is 4.34. The van der Waals surface area contributed by atoms with Gasteiger partial charge in [-0.3, -0.25) is 4.79 Å². The highest BCUT2D eigenvalue weighted by Crippen LogP contribution is 2.27. The van der Waals surface area contributed by atoms with E-state index in [2.05, 4.69) is 0 Å². The Labute approximate surface area is 119 Å². The standard InChI is InChI=1S/C15H19NO3S/c1-11-10-16(8-7-15(11)17)20(18,19)14-6-5-12-3-2-4-13(12)9-14/h5-6,9,11H,2-4,7-8,10H2,1H3. The van der Waals surface area contributed by atoms with Crippen LogP contribution in [0.3, 0.4) is 0 Å². The molecule has 0 spiro atoms. The van der Waals surface area contributed by atoms with E-state index in [1.165, 1.54) is 9.87 Å². The SMILES string of the molecule is CC1CN(S(=O)(=O)c2ccc3c(c2)CCC3)CCC1=O. The summed E-state index contributed by atoms with van der Waals surface area (Å²) in [5, 5.41) is 0. The van der Waals surface area contributed by atoms with Crippen molar-refractivity contribution in [3.05, 3.63) is 29.3 Å². The second-order valence-electron chi connectivity index (χ2n) is 5.76. The van der Waals surface area contributed by atoms with Crippen LogP contribution in [0.1, 0.15) is 30.9 Å². The van der Waals surface area contributed by atoms with Crippen LogP contribution in [0.2, 0.25) is 0 Å². The molecule has 3 rings (SSSR count). The van der Waals surface area contributed by atoms with Gasteiger partial charge in [-0.05, 0) is 42.5 Å². The largest absolute Gasteiger partial charge is 0.299 e. The number of fused-ring (bicyclic) bond motifs is 1. The zero-order chi connectivity index (χ0) is 14.3. The molecule has 0 aromatic heterocycles. The Kier molecular flexibility index (Phi) is 3.42. The van der Waals surface area contributed by atoms with Gasteiger partial charge >= 0.3 is 0 Å². The van der Waals surface area contributed by atoms with Gasteiger partial charge in [-0.25, -0.2) is 8.42 Å². The van der Waals surface area contributed by atoms with Gasteiger partial charge in [-0.1, -0.05) is 13.0 Å². The zero-order valence-corrected chi connectivity index (χ0v) is 12.4. The van der Waals surface area contributed by atoms with Crippen LogP contribution in [-0.2, 0) is 27.7 Å². The highest BCUT2D eigenvalue weighted by molar-refractivity contribution is 7.89. The van der Waals surface area contributed by atoms with Crippen molar-refractivity contribution in [2.24, 2.45) is 5.92 Å². The van der Waals surface area contributed by atoms with Crippen LogP contribution >= 0.6 is 0 Å². The molecule has 1 heterocycles. The molecule has 0 saturated carbocycles.